The third-order valence-electron chi connectivity index (χ3n) is 8.65. The molecule has 12 heteroatoms. The summed E-state index contributed by atoms with van der Waals surface area (Å²) in [7, 11) is 0. The van der Waals surface area contributed by atoms with Crippen LogP contribution in [0.5, 0.6) is 0 Å². The predicted octanol–water partition coefficient (Wildman–Crippen LogP) is 1.90. The molecule has 2 aromatic heterocycles. The zero-order chi connectivity index (χ0) is 32.6. The minimum atomic E-state index is -0.656. The maximum absolute atomic E-state index is 15.7. The van der Waals surface area contributed by atoms with Crippen LogP contribution in [0.25, 0.3) is 32.9 Å². The number of hydrogen-bond acceptors (Lipinski definition) is 6. The van der Waals surface area contributed by atoms with E-state index in [1.54, 1.807) is 37.7 Å². The van der Waals surface area contributed by atoms with Crippen molar-refractivity contribution >= 4 is 39.6 Å². The molecule has 2 saturated carbocycles. The number of amides is 2. The number of hydrogen-bond donors (Lipinski definition) is 2. The zero-order valence-corrected chi connectivity index (χ0v) is 28.9. The van der Waals surface area contributed by atoms with Crippen molar-refractivity contribution in [3.05, 3.63) is 48.0 Å². The molecule has 246 valence electrons. The van der Waals surface area contributed by atoms with Gasteiger partial charge < -0.3 is 10.1 Å². The van der Waals surface area contributed by atoms with Crippen molar-refractivity contribution < 1.29 is 45.0 Å². The van der Waals surface area contributed by atoms with Crippen molar-refractivity contribution in [2.45, 2.75) is 82.3 Å². The number of benzene rings is 2. The zero-order valence-electron chi connectivity index (χ0n) is 26.7. The summed E-state index contributed by atoms with van der Waals surface area (Å²) in [4.78, 5) is 36.8. The molecule has 2 aliphatic carbocycles. The Hall–Kier alpha value is -3.55. The van der Waals surface area contributed by atoms with Crippen LogP contribution >= 0.6 is 0 Å². The number of carbonyl (C=O) groups excluding carboxylic acids is 3. The molecule has 10 nitrogen and oxygen atoms in total. The first-order valence-corrected chi connectivity index (χ1v) is 18.2. The van der Waals surface area contributed by atoms with Crippen molar-refractivity contribution in [1.82, 2.24) is 28.4 Å². The molecule has 2 amide bonds. The molecule has 0 saturated heterocycles. The molecule has 0 aliphatic heterocycles. The second kappa shape index (κ2) is 13.3. The Balaban J connectivity index is 1.16. The summed E-state index contributed by atoms with van der Waals surface area (Å²) < 4.78 is 25.3. The van der Waals surface area contributed by atoms with Gasteiger partial charge in [-0.3, -0.25) is 9.59 Å². The van der Waals surface area contributed by atoms with E-state index in [-0.39, 0.29) is 46.9 Å². The van der Waals surface area contributed by atoms with Crippen LogP contribution in [-0.2, 0) is 25.7 Å². The Morgan fingerprint density at radius 3 is 2.59 bits per heavy atom. The predicted molar refractivity (Wildman–Crippen MR) is 169 cm³/mol. The van der Waals surface area contributed by atoms with Gasteiger partial charge in [-0.2, -0.15) is 0 Å². The standard InChI is InChI=1S/C34H41FIN6O4/c1-20-33-25(10-7-11-28(33)41(40-20)19-31(44)37-17-30(43)38-18-32(45)46-34(2,3)4)26-15-29-23(14-27(26)35)16-39-42(29)36-24-9-6-5-8-21-12-22(21)13-24/h7,10-11,14-16,21-22,24H,5-6,8-9,12-13,17-19H2,1-4H3,(H,37,44)(H,38,43)/q-1. The van der Waals surface area contributed by atoms with E-state index >= 15 is 4.39 Å². The number of alkyl halides is 1. The first kappa shape index (κ1) is 32.4. The molecule has 46 heavy (non-hydrogen) atoms. The van der Waals surface area contributed by atoms with Crippen LogP contribution in [-0.4, -0.2) is 58.2 Å². The molecule has 2 heterocycles. The summed E-state index contributed by atoms with van der Waals surface area (Å²) in [5, 5.41) is 15.9. The molecule has 4 aromatic rings. The van der Waals surface area contributed by atoms with E-state index in [0.717, 1.165) is 28.1 Å². The fourth-order valence-electron chi connectivity index (χ4n) is 6.44. The minimum absolute atomic E-state index is 0.130. The number of halogens is 2. The van der Waals surface area contributed by atoms with Gasteiger partial charge in [-0.05, 0) is 20.8 Å². The van der Waals surface area contributed by atoms with Crippen LogP contribution in [0, 0.1) is 24.6 Å². The molecule has 2 N–H and O–H groups in total. The Bertz CT molecular complexity index is 1790. The van der Waals surface area contributed by atoms with Crippen molar-refractivity contribution in [2.24, 2.45) is 11.8 Å². The maximum atomic E-state index is 15.7. The Morgan fingerprint density at radius 1 is 1.00 bits per heavy atom. The molecule has 2 aliphatic rings. The van der Waals surface area contributed by atoms with Gasteiger partial charge in [0.15, 0.2) is 0 Å². The normalized spacial score (nSPS) is 19.8. The van der Waals surface area contributed by atoms with Crippen LogP contribution in [0.2, 0.25) is 0 Å². The quantitative estimate of drug-likeness (QED) is 0.154. The summed E-state index contributed by atoms with van der Waals surface area (Å²) in [6.45, 7) is 6.35. The molecule has 0 spiro atoms. The fraction of sp³-hybridized carbons (Fsp3) is 0.500. The first-order chi connectivity index (χ1) is 21.9. The molecular weight excluding hydrogens is 702 g/mol. The Kier molecular flexibility index (Phi) is 9.36. The van der Waals surface area contributed by atoms with Gasteiger partial charge in [0.25, 0.3) is 0 Å². The van der Waals surface area contributed by atoms with E-state index in [0.29, 0.717) is 26.3 Å². The van der Waals surface area contributed by atoms with Gasteiger partial charge in [-0.25, -0.2) is 0 Å². The summed E-state index contributed by atoms with van der Waals surface area (Å²) in [6.07, 6.45) is 9.75. The van der Waals surface area contributed by atoms with E-state index in [1.165, 1.54) is 38.5 Å². The number of ether oxygens (including phenoxy) is 1. The Morgan fingerprint density at radius 2 is 1.78 bits per heavy atom. The summed E-state index contributed by atoms with van der Waals surface area (Å²) >= 11 is -0.380. The van der Waals surface area contributed by atoms with E-state index in [4.69, 9.17) is 9.84 Å². The van der Waals surface area contributed by atoms with Crippen LogP contribution < -0.4 is 32.1 Å². The van der Waals surface area contributed by atoms with E-state index in [9.17, 15) is 14.4 Å². The van der Waals surface area contributed by atoms with Gasteiger partial charge in [0.05, 0.1) is 0 Å². The van der Waals surface area contributed by atoms with Crippen LogP contribution in [0.3, 0.4) is 0 Å². The molecule has 3 unspecified atom stereocenters. The van der Waals surface area contributed by atoms with Crippen molar-refractivity contribution in [1.29, 1.82) is 0 Å². The van der Waals surface area contributed by atoms with Gasteiger partial charge in [0.2, 0.25) is 5.91 Å². The summed E-state index contributed by atoms with van der Waals surface area (Å²) in [6, 6.07) is 9.08. The number of nitrogens with one attached hydrogen (secondary N) is 2. The van der Waals surface area contributed by atoms with Gasteiger partial charge in [0.1, 0.15) is 12.1 Å². The average molecular weight is 744 g/mol. The number of carbonyl (C=O) groups is 3. The average Bonchev–Trinajstić information content (AvgIpc) is 3.45. The second-order valence-corrected chi connectivity index (χ2v) is 16.7. The number of aryl methyl sites for hydroxylation is 1. The molecule has 6 rings (SSSR count). The third-order valence-corrected chi connectivity index (χ3v) is 11.9. The van der Waals surface area contributed by atoms with Gasteiger partial charge in [0, 0.05) is 0 Å². The third kappa shape index (κ3) is 7.53. The number of rotatable bonds is 9. The molecule has 0 bridgehead atoms. The summed E-state index contributed by atoms with van der Waals surface area (Å²) in [5.74, 6) is 0.00526. The van der Waals surface area contributed by atoms with Gasteiger partial charge >= 0.3 is 221 Å². The van der Waals surface area contributed by atoms with Crippen molar-refractivity contribution in [3.8, 4) is 11.1 Å². The van der Waals surface area contributed by atoms with E-state index < -0.39 is 23.4 Å². The second-order valence-electron chi connectivity index (χ2n) is 13.4. The topological polar surface area (TPSA) is 120 Å². The van der Waals surface area contributed by atoms with E-state index in [2.05, 4.69) is 18.6 Å². The van der Waals surface area contributed by atoms with Crippen LogP contribution in [0.15, 0.2) is 36.5 Å². The molecule has 2 aromatic carbocycles. The number of fused-ring (bicyclic) bond motifs is 3. The molecule has 2 fully saturated rings. The number of aromatic nitrogens is 4. The van der Waals surface area contributed by atoms with Crippen molar-refractivity contribution in [2.75, 3.05) is 13.1 Å². The monoisotopic (exact) mass is 743 g/mol. The van der Waals surface area contributed by atoms with Gasteiger partial charge in [-0.1, -0.05) is 0 Å². The van der Waals surface area contributed by atoms with Crippen LogP contribution in [0.1, 0.15) is 65.0 Å². The molecule has 3 atom stereocenters. The van der Waals surface area contributed by atoms with Gasteiger partial charge in [-0.15, -0.1) is 0 Å². The first-order valence-electron chi connectivity index (χ1n) is 16.0. The molecular formula is C34H41FIN6O4-. The SMILES string of the molecule is Cc1nn(CC(=O)NCC(=O)NCC(=O)OC(C)(C)C)c2cccc(-c3cc4c(cnn4[I-]C4CCCCC5CC5C4)cc3F)c12. The van der Waals surface area contributed by atoms with E-state index in [1.807, 2.05) is 31.2 Å². The molecule has 0 radical (unpaired) electrons. The fourth-order valence-corrected chi connectivity index (χ4v) is 9.77. The van der Waals surface area contributed by atoms with Crippen LogP contribution in [0.4, 0.5) is 4.39 Å². The van der Waals surface area contributed by atoms with Crippen molar-refractivity contribution in [3.63, 3.8) is 0 Å². The number of nitrogens with zero attached hydrogens (tertiary/aromatic N) is 4. The number of esters is 1. The summed E-state index contributed by atoms with van der Waals surface area (Å²) in [5.41, 5.74) is 2.86. The Labute approximate surface area is 278 Å².